The molecule has 0 spiro atoms. The largest absolute Gasteiger partial charge is 0.499 e. The Labute approximate surface area is 81.4 Å². The summed E-state index contributed by atoms with van der Waals surface area (Å²) in [6.07, 6.45) is 0. The van der Waals surface area contributed by atoms with Crippen LogP contribution in [-0.2, 0) is 0 Å². The van der Waals surface area contributed by atoms with Crippen LogP contribution in [0.3, 0.4) is 0 Å². The first-order valence-electron chi connectivity index (χ1n) is 3.99. The summed E-state index contributed by atoms with van der Waals surface area (Å²) in [5, 5.41) is 13.8. The van der Waals surface area contributed by atoms with Crippen molar-refractivity contribution in [1.82, 2.24) is 5.32 Å². The van der Waals surface area contributed by atoms with Gasteiger partial charge in [0, 0.05) is 5.54 Å². The maximum absolute atomic E-state index is 11.5. The minimum atomic E-state index is -0.272. The Hall–Kier alpha value is -1.03. The average Bonchev–Trinajstić information content (AvgIpc) is 2.30. The van der Waals surface area contributed by atoms with E-state index in [1.165, 1.54) is 0 Å². The van der Waals surface area contributed by atoms with Crippen molar-refractivity contribution in [1.29, 1.82) is 0 Å². The van der Waals surface area contributed by atoms with Gasteiger partial charge < -0.3 is 10.4 Å². The second kappa shape index (κ2) is 3.38. The molecule has 0 aromatic carbocycles. The summed E-state index contributed by atoms with van der Waals surface area (Å²) in [7, 11) is 0. The summed E-state index contributed by atoms with van der Waals surface area (Å²) in [5.74, 6) is -0.230. The van der Waals surface area contributed by atoms with Gasteiger partial charge in [0.25, 0.3) is 5.91 Å². The number of amides is 1. The fourth-order valence-corrected chi connectivity index (χ4v) is 1.50. The predicted octanol–water partition coefficient (Wildman–Crippen LogP) is 1.98. The fourth-order valence-electron chi connectivity index (χ4n) is 0.882. The number of aromatic hydroxyl groups is 1. The molecule has 0 bridgehead atoms. The zero-order valence-corrected chi connectivity index (χ0v) is 8.73. The number of rotatable bonds is 1. The highest BCUT2D eigenvalue weighted by Gasteiger charge is 2.18. The van der Waals surface area contributed by atoms with E-state index in [1.807, 2.05) is 20.8 Å². The summed E-state index contributed by atoms with van der Waals surface area (Å²) >= 11 is 1.15. The van der Waals surface area contributed by atoms with E-state index in [0.717, 1.165) is 11.3 Å². The van der Waals surface area contributed by atoms with Crippen LogP contribution in [0.5, 0.6) is 5.06 Å². The highest BCUT2D eigenvalue weighted by Crippen LogP contribution is 2.24. The zero-order chi connectivity index (χ0) is 10.1. The highest BCUT2D eigenvalue weighted by molar-refractivity contribution is 7.12. The molecule has 3 nitrogen and oxygen atoms in total. The van der Waals surface area contributed by atoms with Gasteiger partial charge in [-0.1, -0.05) is 0 Å². The van der Waals surface area contributed by atoms with Crippen molar-refractivity contribution in [2.75, 3.05) is 0 Å². The molecule has 1 aromatic rings. The number of thiophene rings is 1. The molecular formula is C9H13NO2S. The van der Waals surface area contributed by atoms with E-state index >= 15 is 0 Å². The minimum absolute atomic E-state index is 0.0711. The molecule has 1 amide bonds. The van der Waals surface area contributed by atoms with E-state index < -0.39 is 0 Å². The van der Waals surface area contributed by atoms with E-state index in [4.69, 9.17) is 0 Å². The topological polar surface area (TPSA) is 49.3 Å². The molecule has 0 fully saturated rings. The maximum atomic E-state index is 11.5. The van der Waals surface area contributed by atoms with Gasteiger partial charge in [-0.3, -0.25) is 4.79 Å². The highest BCUT2D eigenvalue weighted by atomic mass is 32.1. The third-order valence-corrected chi connectivity index (χ3v) is 2.09. The lowest BCUT2D eigenvalue weighted by Crippen LogP contribution is -2.40. The Morgan fingerprint density at radius 3 is 2.54 bits per heavy atom. The molecule has 0 unspecified atom stereocenters. The number of carbonyl (C=O) groups is 1. The van der Waals surface area contributed by atoms with Crippen LogP contribution in [0.15, 0.2) is 11.4 Å². The third kappa shape index (κ3) is 2.73. The first-order valence-corrected chi connectivity index (χ1v) is 4.87. The van der Waals surface area contributed by atoms with Gasteiger partial charge in [-0.2, -0.15) is 0 Å². The van der Waals surface area contributed by atoms with Crippen molar-refractivity contribution in [2.24, 2.45) is 0 Å². The molecule has 72 valence electrons. The third-order valence-electron chi connectivity index (χ3n) is 1.38. The molecule has 4 heteroatoms. The van der Waals surface area contributed by atoms with Crippen LogP contribution in [0, 0.1) is 0 Å². The van der Waals surface area contributed by atoms with Crippen LogP contribution in [0.25, 0.3) is 0 Å². The van der Waals surface area contributed by atoms with Gasteiger partial charge >= 0.3 is 0 Å². The molecular weight excluding hydrogens is 186 g/mol. The van der Waals surface area contributed by atoms with E-state index in [-0.39, 0.29) is 16.5 Å². The molecule has 0 atom stereocenters. The smallest absolute Gasteiger partial charge is 0.256 e. The van der Waals surface area contributed by atoms with Crippen LogP contribution in [0.1, 0.15) is 31.1 Å². The van der Waals surface area contributed by atoms with Gasteiger partial charge in [-0.15, -0.1) is 11.3 Å². The SMILES string of the molecule is CC(C)(C)NC(=O)c1ccsc1O. The van der Waals surface area contributed by atoms with Crippen molar-refractivity contribution < 1.29 is 9.90 Å². The van der Waals surface area contributed by atoms with Gasteiger partial charge in [0.2, 0.25) is 0 Å². The Morgan fingerprint density at radius 2 is 2.15 bits per heavy atom. The van der Waals surface area contributed by atoms with E-state index in [1.54, 1.807) is 11.4 Å². The molecule has 0 radical (unpaired) electrons. The monoisotopic (exact) mass is 199 g/mol. The predicted molar refractivity (Wildman–Crippen MR) is 53.2 cm³/mol. The lowest BCUT2D eigenvalue weighted by molar-refractivity contribution is 0.0917. The van der Waals surface area contributed by atoms with E-state index in [2.05, 4.69) is 5.32 Å². The fraction of sp³-hybridized carbons (Fsp3) is 0.444. The van der Waals surface area contributed by atoms with Crippen LogP contribution in [0.2, 0.25) is 0 Å². The van der Waals surface area contributed by atoms with Crippen molar-refractivity contribution in [2.45, 2.75) is 26.3 Å². The first kappa shape index (κ1) is 10.1. The van der Waals surface area contributed by atoms with Gasteiger partial charge in [-0.05, 0) is 32.2 Å². The van der Waals surface area contributed by atoms with Gasteiger partial charge in [-0.25, -0.2) is 0 Å². The summed E-state index contributed by atoms with van der Waals surface area (Å²) in [6, 6.07) is 1.61. The Kier molecular flexibility index (Phi) is 2.61. The van der Waals surface area contributed by atoms with E-state index in [0.29, 0.717) is 5.56 Å². The van der Waals surface area contributed by atoms with Gasteiger partial charge in [0.1, 0.15) is 0 Å². The van der Waals surface area contributed by atoms with Crippen LogP contribution in [0.4, 0.5) is 0 Å². The van der Waals surface area contributed by atoms with Crippen molar-refractivity contribution >= 4 is 17.2 Å². The van der Waals surface area contributed by atoms with Crippen LogP contribution in [-0.4, -0.2) is 16.6 Å². The molecule has 1 rings (SSSR count). The number of hydrogen-bond donors (Lipinski definition) is 2. The van der Waals surface area contributed by atoms with Gasteiger partial charge in [0.05, 0.1) is 5.56 Å². The molecule has 0 aliphatic carbocycles. The Balaban J connectivity index is 2.76. The lowest BCUT2D eigenvalue weighted by Gasteiger charge is -2.19. The standard InChI is InChI=1S/C9H13NO2S/c1-9(2,3)10-7(11)6-4-5-13-8(6)12/h4-5,12H,1-3H3,(H,10,11). The van der Waals surface area contributed by atoms with Crippen molar-refractivity contribution in [3.05, 3.63) is 17.0 Å². The van der Waals surface area contributed by atoms with Gasteiger partial charge in [0.15, 0.2) is 5.06 Å². The quantitative estimate of drug-likeness (QED) is 0.726. The number of hydrogen-bond acceptors (Lipinski definition) is 3. The normalized spacial score (nSPS) is 11.3. The Morgan fingerprint density at radius 1 is 1.54 bits per heavy atom. The summed E-state index contributed by atoms with van der Waals surface area (Å²) in [6.45, 7) is 5.69. The molecule has 2 N–H and O–H groups in total. The summed E-state index contributed by atoms with van der Waals surface area (Å²) < 4.78 is 0. The van der Waals surface area contributed by atoms with E-state index in [9.17, 15) is 9.90 Å². The van der Waals surface area contributed by atoms with Crippen molar-refractivity contribution in [3.63, 3.8) is 0 Å². The molecule has 1 aromatic heterocycles. The van der Waals surface area contributed by atoms with Crippen molar-refractivity contribution in [3.8, 4) is 5.06 Å². The van der Waals surface area contributed by atoms with Crippen LogP contribution < -0.4 is 5.32 Å². The second-order valence-corrected chi connectivity index (χ2v) is 4.74. The molecule has 0 aliphatic heterocycles. The molecule has 0 aliphatic rings. The summed E-state index contributed by atoms with van der Waals surface area (Å²) in [5.41, 5.74) is 0.0748. The number of carbonyl (C=O) groups excluding carboxylic acids is 1. The average molecular weight is 199 g/mol. The molecule has 1 heterocycles. The lowest BCUT2D eigenvalue weighted by atomic mass is 10.1. The molecule has 0 saturated heterocycles. The number of nitrogens with one attached hydrogen (secondary N) is 1. The first-order chi connectivity index (χ1) is 5.90. The second-order valence-electron chi connectivity index (χ2n) is 3.84. The Bertz CT molecular complexity index is 312. The zero-order valence-electron chi connectivity index (χ0n) is 7.92. The molecule has 0 saturated carbocycles. The molecule has 13 heavy (non-hydrogen) atoms. The minimum Gasteiger partial charge on any atom is -0.499 e. The maximum Gasteiger partial charge on any atom is 0.256 e. The summed E-state index contributed by atoms with van der Waals surface area (Å²) in [4.78, 5) is 11.5. The van der Waals surface area contributed by atoms with Crippen LogP contribution >= 0.6 is 11.3 Å².